The lowest BCUT2D eigenvalue weighted by atomic mass is 10.3. The molecule has 130 valence electrons. The molecule has 0 aliphatic heterocycles. The van der Waals surface area contributed by atoms with Crippen molar-refractivity contribution < 1.29 is 17.9 Å². The number of amides is 1. The van der Waals surface area contributed by atoms with Crippen molar-refractivity contribution in [1.29, 1.82) is 0 Å². The standard InChI is InChI=1S/C16H26N2O4S/c1-5-13(4)17-23(20,21)15-10-8-14(9-11-15)22-12-16(19)18(6-2)7-3/h8-11,13,17H,5-7,12H2,1-4H3/t13-/m1/s1. The summed E-state index contributed by atoms with van der Waals surface area (Å²) < 4.78 is 32.3. The highest BCUT2D eigenvalue weighted by Gasteiger charge is 2.16. The van der Waals surface area contributed by atoms with Crippen LogP contribution in [0.3, 0.4) is 0 Å². The van der Waals surface area contributed by atoms with E-state index in [1.165, 1.54) is 12.1 Å². The lowest BCUT2D eigenvalue weighted by Crippen LogP contribution is -2.34. The number of likely N-dealkylation sites (N-methyl/N-ethyl adjacent to an activating group) is 1. The number of nitrogens with zero attached hydrogens (tertiary/aromatic N) is 1. The molecule has 0 aromatic heterocycles. The van der Waals surface area contributed by atoms with Crippen molar-refractivity contribution in [2.45, 2.75) is 45.1 Å². The zero-order valence-corrected chi connectivity index (χ0v) is 15.0. The average molecular weight is 342 g/mol. The molecule has 1 amide bonds. The first-order chi connectivity index (χ1) is 10.8. The van der Waals surface area contributed by atoms with Crippen molar-refractivity contribution in [2.24, 2.45) is 0 Å². The molecule has 0 aliphatic rings. The first-order valence-corrected chi connectivity index (χ1v) is 9.35. The van der Waals surface area contributed by atoms with Crippen LogP contribution in [0.15, 0.2) is 29.2 Å². The van der Waals surface area contributed by atoms with E-state index in [4.69, 9.17) is 4.74 Å². The van der Waals surface area contributed by atoms with E-state index in [-0.39, 0.29) is 23.5 Å². The Kier molecular flexibility index (Phi) is 7.51. The lowest BCUT2D eigenvalue weighted by Gasteiger charge is -2.18. The van der Waals surface area contributed by atoms with E-state index in [0.29, 0.717) is 25.3 Å². The van der Waals surface area contributed by atoms with Gasteiger partial charge in [0.15, 0.2) is 6.61 Å². The summed E-state index contributed by atoms with van der Waals surface area (Å²) in [5.74, 6) is 0.373. The van der Waals surface area contributed by atoms with Crippen LogP contribution in [0.2, 0.25) is 0 Å². The highest BCUT2D eigenvalue weighted by Crippen LogP contribution is 2.16. The third kappa shape index (κ3) is 5.84. The second-order valence-corrected chi connectivity index (χ2v) is 6.97. The molecule has 0 saturated carbocycles. The molecule has 1 rings (SSSR count). The molecular weight excluding hydrogens is 316 g/mol. The number of carbonyl (C=O) groups excluding carboxylic acids is 1. The third-order valence-electron chi connectivity index (χ3n) is 3.58. The molecule has 0 unspecified atom stereocenters. The summed E-state index contributed by atoms with van der Waals surface area (Å²) in [6, 6.07) is 5.94. The Morgan fingerprint density at radius 3 is 2.22 bits per heavy atom. The maximum Gasteiger partial charge on any atom is 0.260 e. The van der Waals surface area contributed by atoms with E-state index >= 15 is 0 Å². The van der Waals surface area contributed by atoms with Crippen LogP contribution in [0.1, 0.15) is 34.1 Å². The summed E-state index contributed by atoms with van der Waals surface area (Å²) in [5.41, 5.74) is 0. The van der Waals surface area contributed by atoms with Gasteiger partial charge in [0.05, 0.1) is 4.90 Å². The van der Waals surface area contributed by atoms with Crippen LogP contribution in [-0.2, 0) is 14.8 Å². The first-order valence-electron chi connectivity index (χ1n) is 7.87. The Morgan fingerprint density at radius 2 is 1.74 bits per heavy atom. The summed E-state index contributed by atoms with van der Waals surface area (Å²) in [4.78, 5) is 13.7. The Labute approximate surface area is 138 Å². The van der Waals surface area contributed by atoms with Gasteiger partial charge in [-0.15, -0.1) is 0 Å². The van der Waals surface area contributed by atoms with Crippen molar-refractivity contribution in [1.82, 2.24) is 9.62 Å². The molecule has 1 N–H and O–H groups in total. The van der Waals surface area contributed by atoms with Gasteiger partial charge in [0.1, 0.15) is 5.75 Å². The number of nitrogens with one attached hydrogen (secondary N) is 1. The fourth-order valence-corrected chi connectivity index (χ4v) is 3.27. The van der Waals surface area contributed by atoms with Crippen LogP contribution in [-0.4, -0.2) is 45.0 Å². The van der Waals surface area contributed by atoms with E-state index < -0.39 is 10.0 Å². The summed E-state index contributed by atoms with van der Waals surface area (Å²) in [6.45, 7) is 8.76. The molecule has 23 heavy (non-hydrogen) atoms. The SMILES string of the molecule is CC[C@@H](C)NS(=O)(=O)c1ccc(OCC(=O)N(CC)CC)cc1. The molecule has 6 nitrogen and oxygen atoms in total. The first kappa shape index (κ1) is 19.4. The minimum absolute atomic E-state index is 0.0567. The second-order valence-electron chi connectivity index (χ2n) is 5.26. The quantitative estimate of drug-likeness (QED) is 0.745. The highest BCUT2D eigenvalue weighted by molar-refractivity contribution is 7.89. The van der Waals surface area contributed by atoms with E-state index in [1.807, 2.05) is 27.7 Å². The van der Waals surface area contributed by atoms with Crippen molar-refractivity contribution in [3.63, 3.8) is 0 Å². The van der Waals surface area contributed by atoms with Crippen molar-refractivity contribution in [2.75, 3.05) is 19.7 Å². The molecule has 0 aliphatic carbocycles. The highest BCUT2D eigenvalue weighted by atomic mass is 32.2. The predicted octanol–water partition coefficient (Wildman–Crippen LogP) is 2.01. The zero-order valence-electron chi connectivity index (χ0n) is 14.2. The topological polar surface area (TPSA) is 75.7 Å². The van der Waals surface area contributed by atoms with Gasteiger partial charge in [-0.1, -0.05) is 6.92 Å². The molecule has 0 fully saturated rings. The summed E-state index contributed by atoms with van der Waals surface area (Å²) in [7, 11) is -3.52. The van der Waals surface area contributed by atoms with Crippen molar-refractivity contribution in [3.05, 3.63) is 24.3 Å². The maximum absolute atomic E-state index is 12.1. The molecule has 0 saturated heterocycles. The van der Waals surface area contributed by atoms with E-state index in [1.54, 1.807) is 17.0 Å². The van der Waals surface area contributed by atoms with Gasteiger partial charge in [0.25, 0.3) is 5.91 Å². The molecule has 1 atom stereocenters. The molecule has 0 heterocycles. The van der Waals surface area contributed by atoms with Crippen LogP contribution in [0.4, 0.5) is 0 Å². The Balaban J connectivity index is 2.68. The molecule has 7 heteroatoms. The normalized spacial score (nSPS) is 12.7. The van der Waals surface area contributed by atoms with Gasteiger partial charge in [-0.25, -0.2) is 13.1 Å². The monoisotopic (exact) mass is 342 g/mol. The number of carbonyl (C=O) groups is 1. The van der Waals surface area contributed by atoms with E-state index in [9.17, 15) is 13.2 Å². The van der Waals surface area contributed by atoms with Crippen LogP contribution in [0.5, 0.6) is 5.75 Å². The Bertz CT molecular complexity index is 595. The second kappa shape index (κ2) is 8.88. The third-order valence-corrected chi connectivity index (χ3v) is 5.19. The lowest BCUT2D eigenvalue weighted by molar-refractivity contribution is -0.132. The number of benzene rings is 1. The van der Waals surface area contributed by atoms with Gasteiger partial charge in [-0.2, -0.15) is 0 Å². The fourth-order valence-electron chi connectivity index (χ4n) is 1.94. The molecule has 0 bridgehead atoms. The van der Waals surface area contributed by atoms with Crippen molar-refractivity contribution in [3.8, 4) is 5.75 Å². The Hall–Kier alpha value is -1.60. The largest absolute Gasteiger partial charge is 0.484 e. The van der Waals surface area contributed by atoms with Gasteiger partial charge in [0, 0.05) is 19.1 Å². The minimum Gasteiger partial charge on any atom is -0.484 e. The van der Waals surface area contributed by atoms with Gasteiger partial charge in [0.2, 0.25) is 10.0 Å². The van der Waals surface area contributed by atoms with Crippen LogP contribution in [0.25, 0.3) is 0 Å². The van der Waals surface area contributed by atoms with Crippen molar-refractivity contribution >= 4 is 15.9 Å². The number of hydrogen-bond acceptors (Lipinski definition) is 4. The fraction of sp³-hybridized carbons (Fsp3) is 0.562. The van der Waals surface area contributed by atoms with E-state index in [0.717, 1.165) is 0 Å². The maximum atomic E-state index is 12.1. The van der Waals surface area contributed by atoms with Crippen LogP contribution < -0.4 is 9.46 Å². The molecule has 0 spiro atoms. The van der Waals surface area contributed by atoms with Gasteiger partial charge in [-0.05, 0) is 51.5 Å². The predicted molar refractivity (Wildman–Crippen MR) is 89.9 cm³/mol. The number of ether oxygens (including phenoxy) is 1. The van der Waals surface area contributed by atoms with E-state index in [2.05, 4.69) is 4.72 Å². The number of rotatable bonds is 9. The summed E-state index contributed by atoms with van der Waals surface area (Å²) >= 11 is 0. The molecule has 1 aromatic carbocycles. The number of hydrogen-bond donors (Lipinski definition) is 1. The number of sulfonamides is 1. The average Bonchev–Trinajstić information content (AvgIpc) is 2.54. The van der Waals surface area contributed by atoms with Gasteiger partial charge >= 0.3 is 0 Å². The van der Waals surface area contributed by atoms with Gasteiger partial charge < -0.3 is 9.64 Å². The zero-order chi connectivity index (χ0) is 17.5. The minimum atomic E-state index is -3.52. The Morgan fingerprint density at radius 1 is 1.17 bits per heavy atom. The molecule has 1 aromatic rings. The van der Waals surface area contributed by atoms with Crippen LogP contribution in [0, 0.1) is 0 Å². The summed E-state index contributed by atoms with van der Waals surface area (Å²) in [5, 5.41) is 0. The molecular formula is C16H26N2O4S. The van der Waals surface area contributed by atoms with Crippen LogP contribution >= 0.6 is 0 Å². The summed E-state index contributed by atoms with van der Waals surface area (Å²) in [6.07, 6.45) is 0.716. The molecule has 0 radical (unpaired) electrons. The van der Waals surface area contributed by atoms with Gasteiger partial charge in [-0.3, -0.25) is 4.79 Å². The smallest absolute Gasteiger partial charge is 0.260 e.